The minimum atomic E-state index is -0.654. The van der Waals surface area contributed by atoms with Gasteiger partial charge >= 0.3 is 0 Å². The average molecular weight is 505 g/mol. The molecule has 0 heterocycles. The Hall–Kier alpha value is -2.57. The third kappa shape index (κ3) is 5.91. The summed E-state index contributed by atoms with van der Waals surface area (Å²) in [5.41, 5.74) is 1.57. The van der Waals surface area contributed by atoms with Crippen LogP contribution in [0, 0.1) is 5.82 Å². The summed E-state index contributed by atoms with van der Waals surface area (Å²) >= 11 is 12.3. The van der Waals surface area contributed by atoms with Crippen molar-refractivity contribution in [3.05, 3.63) is 69.0 Å². The Labute approximate surface area is 208 Å². The molecule has 0 atom stereocenters. The number of hydrogen-bond acceptors (Lipinski definition) is 3. The number of carbonyl (C=O) groups is 2. The van der Waals surface area contributed by atoms with Gasteiger partial charge in [0.15, 0.2) is 0 Å². The number of ether oxygens (including phenoxy) is 1. The molecular weight excluding hydrogens is 478 g/mol. The molecule has 34 heavy (non-hydrogen) atoms. The first-order valence-corrected chi connectivity index (χ1v) is 12.4. The molecule has 1 saturated carbocycles. The van der Waals surface area contributed by atoms with Gasteiger partial charge in [0, 0.05) is 28.8 Å². The quantitative estimate of drug-likeness (QED) is 0.447. The van der Waals surface area contributed by atoms with Crippen LogP contribution in [0.15, 0.2) is 47.5 Å². The second kappa shape index (κ2) is 11.2. The Kier molecular flexibility index (Phi) is 8.11. The lowest BCUT2D eigenvalue weighted by Crippen LogP contribution is -2.29. The Morgan fingerprint density at radius 3 is 2.32 bits per heavy atom. The molecule has 2 aliphatic rings. The summed E-state index contributed by atoms with van der Waals surface area (Å²) in [5.74, 6) is -1.11. The van der Waals surface area contributed by atoms with E-state index in [1.165, 1.54) is 6.07 Å². The SMILES string of the molecule is O=C(NCc1ccccc1Cl)C1=C(C(=O)Nc2cc(OC3CCCC3)c(Cl)cc2F)CCCC1. The van der Waals surface area contributed by atoms with Gasteiger partial charge in [-0.15, -0.1) is 0 Å². The Balaban J connectivity index is 1.49. The van der Waals surface area contributed by atoms with E-state index in [1.807, 2.05) is 18.2 Å². The van der Waals surface area contributed by atoms with Gasteiger partial charge in [0.2, 0.25) is 5.91 Å². The number of hydrogen-bond donors (Lipinski definition) is 2. The van der Waals surface area contributed by atoms with E-state index in [1.54, 1.807) is 6.07 Å². The van der Waals surface area contributed by atoms with E-state index in [0.717, 1.165) is 50.2 Å². The summed E-state index contributed by atoms with van der Waals surface area (Å²) < 4.78 is 20.5. The molecule has 0 radical (unpaired) electrons. The second-order valence-electron chi connectivity index (χ2n) is 8.68. The van der Waals surface area contributed by atoms with E-state index in [9.17, 15) is 14.0 Å². The van der Waals surface area contributed by atoms with Crippen LogP contribution in [-0.2, 0) is 16.1 Å². The smallest absolute Gasteiger partial charge is 0.252 e. The number of nitrogens with one attached hydrogen (secondary N) is 2. The van der Waals surface area contributed by atoms with Crippen molar-refractivity contribution in [2.24, 2.45) is 0 Å². The highest BCUT2D eigenvalue weighted by Crippen LogP contribution is 2.34. The highest BCUT2D eigenvalue weighted by Gasteiger charge is 2.25. The van der Waals surface area contributed by atoms with Crippen molar-refractivity contribution in [2.75, 3.05) is 5.32 Å². The molecule has 2 aromatic rings. The molecule has 2 N–H and O–H groups in total. The Morgan fingerprint density at radius 2 is 1.62 bits per heavy atom. The number of rotatable bonds is 7. The van der Waals surface area contributed by atoms with Crippen LogP contribution in [0.1, 0.15) is 56.9 Å². The van der Waals surface area contributed by atoms with E-state index in [4.69, 9.17) is 27.9 Å². The van der Waals surface area contributed by atoms with E-state index >= 15 is 0 Å². The molecular formula is C26H27Cl2FN2O3. The predicted molar refractivity (Wildman–Crippen MR) is 132 cm³/mol. The van der Waals surface area contributed by atoms with Gasteiger partial charge < -0.3 is 15.4 Å². The van der Waals surface area contributed by atoms with Gasteiger partial charge in [-0.3, -0.25) is 9.59 Å². The number of benzene rings is 2. The largest absolute Gasteiger partial charge is 0.489 e. The maximum absolute atomic E-state index is 14.6. The minimum absolute atomic E-state index is 0.0173. The van der Waals surface area contributed by atoms with Crippen LogP contribution >= 0.6 is 23.2 Å². The van der Waals surface area contributed by atoms with Gasteiger partial charge in [-0.2, -0.15) is 0 Å². The highest BCUT2D eigenvalue weighted by atomic mass is 35.5. The lowest BCUT2D eigenvalue weighted by Gasteiger charge is -2.20. The van der Waals surface area contributed by atoms with Crippen LogP contribution < -0.4 is 15.4 Å². The van der Waals surface area contributed by atoms with Crippen molar-refractivity contribution >= 4 is 40.7 Å². The molecule has 0 unspecified atom stereocenters. The summed E-state index contributed by atoms with van der Waals surface area (Å²) in [6.07, 6.45) is 6.58. The van der Waals surface area contributed by atoms with Crippen molar-refractivity contribution in [1.29, 1.82) is 0 Å². The van der Waals surface area contributed by atoms with Crippen molar-refractivity contribution in [1.82, 2.24) is 5.32 Å². The summed E-state index contributed by atoms with van der Waals surface area (Å²) in [7, 11) is 0. The predicted octanol–water partition coefficient (Wildman–Crippen LogP) is 6.58. The normalized spacial score (nSPS) is 16.4. The number of anilines is 1. The van der Waals surface area contributed by atoms with Gasteiger partial charge in [-0.05, 0) is 69.1 Å². The summed E-state index contributed by atoms with van der Waals surface area (Å²) in [6, 6.07) is 9.83. The monoisotopic (exact) mass is 504 g/mol. The zero-order valence-corrected chi connectivity index (χ0v) is 20.3. The van der Waals surface area contributed by atoms with Crippen LogP contribution in [0.3, 0.4) is 0 Å². The molecule has 4 rings (SSSR count). The second-order valence-corrected chi connectivity index (χ2v) is 9.49. The lowest BCUT2D eigenvalue weighted by molar-refractivity contribution is -0.119. The van der Waals surface area contributed by atoms with E-state index in [0.29, 0.717) is 34.8 Å². The Morgan fingerprint density at radius 1 is 0.941 bits per heavy atom. The van der Waals surface area contributed by atoms with Crippen LogP contribution in [0.2, 0.25) is 10.0 Å². The number of amides is 2. The van der Waals surface area contributed by atoms with E-state index < -0.39 is 11.7 Å². The fourth-order valence-electron chi connectivity index (χ4n) is 4.43. The highest BCUT2D eigenvalue weighted by molar-refractivity contribution is 6.32. The lowest BCUT2D eigenvalue weighted by atomic mass is 9.90. The van der Waals surface area contributed by atoms with Gasteiger partial charge in [0.05, 0.1) is 16.8 Å². The average Bonchev–Trinajstić information content (AvgIpc) is 3.34. The summed E-state index contributed by atoms with van der Waals surface area (Å²) in [5, 5.41) is 6.21. The molecule has 0 saturated heterocycles. The molecule has 2 aromatic carbocycles. The van der Waals surface area contributed by atoms with Crippen LogP contribution in [0.4, 0.5) is 10.1 Å². The summed E-state index contributed by atoms with van der Waals surface area (Å²) in [6.45, 7) is 0.255. The molecule has 180 valence electrons. The van der Waals surface area contributed by atoms with Crippen molar-refractivity contribution in [3.8, 4) is 5.75 Å². The molecule has 2 aliphatic carbocycles. The topological polar surface area (TPSA) is 67.4 Å². The molecule has 0 aromatic heterocycles. The number of carbonyl (C=O) groups excluding carboxylic acids is 2. The van der Waals surface area contributed by atoms with Crippen molar-refractivity contribution in [2.45, 2.75) is 64.0 Å². The van der Waals surface area contributed by atoms with E-state index in [-0.39, 0.29) is 29.3 Å². The fourth-order valence-corrected chi connectivity index (χ4v) is 4.83. The minimum Gasteiger partial charge on any atom is -0.489 e. The van der Waals surface area contributed by atoms with Gasteiger partial charge in [0.25, 0.3) is 5.91 Å². The van der Waals surface area contributed by atoms with Gasteiger partial charge in [0.1, 0.15) is 11.6 Å². The maximum Gasteiger partial charge on any atom is 0.252 e. The van der Waals surface area contributed by atoms with E-state index in [2.05, 4.69) is 10.6 Å². The molecule has 0 spiro atoms. The van der Waals surface area contributed by atoms with Crippen LogP contribution in [-0.4, -0.2) is 17.9 Å². The molecule has 0 bridgehead atoms. The first-order chi connectivity index (χ1) is 16.4. The molecule has 1 fully saturated rings. The fraction of sp³-hybridized carbons (Fsp3) is 0.385. The Bertz CT molecular complexity index is 1110. The number of halogens is 3. The molecule has 5 nitrogen and oxygen atoms in total. The first-order valence-electron chi connectivity index (χ1n) is 11.6. The summed E-state index contributed by atoms with van der Waals surface area (Å²) in [4.78, 5) is 26.0. The van der Waals surface area contributed by atoms with Gasteiger partial charge in [-0.1, -0.05) is 41.4 Å². The first kappa shape index (κ1) is 24.6. The standard InChI is InChI=1S/C26H27Cl2FN2O3/c27-20-12-6-1-7-16(20)15-30-25(32)18-10-4-5-11-19(18)26(33)31-23-14-24(21(28)13-22(23)29)34-17-8-2-3-9-17/h1,6-7,12-14,17H,2-5,8-11,15H2,(H,30,32)(H,31,33). The maximum atomic E-state index is 14.6. The zero-order chi connectivity index (χ0) is 24.1. The third-order valence-corrected chi connectivity index (χ3v) is 6.94. The molecule has 8 heteroatoms. The van der Waals surface area contributed by atoms with Crippen molar-refractivity contribution < 1.29 is 18.7 Å². The molecule has 2 amide bonds. The van der Waals surface area contributed by atoms with Crippen LogP contribution in [0.25, 0.3) is 0 Å². The third-order valence-electron chi connectivity index (χ3n) is 6.28. The zero-order valence-electron chi connectivity index (χ0n) is 18.8. The molecule has 0 aliphatic heterocycles. The van der Waals surface area contributed by atoms with Crippen molar-refractivity contribution in [3.63, 3.8) is 0 Å². The van der Waals surface area contributed by atoms with Gasteiger partial charge in [-0.25, -0.2) is 4.39 Å². The van der Waals surface area contributed by atoms with Crippen LogP contribution in [0.5, 0.6) is 5.75 Å².